The maximum absolute atomic E-state index is 12.5. The Hall–Kier alpha value is -2.64. The van der Waals surface area contributed by atoms with Gasteiger partial charge < -0.3 is 19.4 Å². The van der Waals surface area contributed by atoms with E-state index in [9.17, 15) is 9.59 Å². The van der Waals surface area contributed by atoms with Gasteiger partial charge in [-0.2, -0.15) is 0 Å². The summed E-state index contributed by atoms with van der Waals surface area (Å²) in [7, 11) is 0. The Morgan fingerprint density at radius 3 is 2.55 bits per heavy atom. The molecule has 1 saturated heterocycles. The topological polar surface area (TPSA) is 87.6 Å². The van der Waals surface area contributed by atoms with Crippen LogP contribution in [0.4, 0.5) is 10.5 Å². The molecule has 5 rings (SSSR count). The minimum absolute atomic E-state index is 0.146. The minimum atomic E-state index is -0.451. The van der Waals surface area contributed by atoms with Gasteiger partial charge in [0.05, 0.1) is 5.52 Å². The third kappa shape index (κ3) is 4.38. The molecule has 3 aromatic rings. The first-order valence-corrected chi connectivity index (χ1v) is 10.9. The second-order valence-electron chi connectivity index (χ2n) is 8.30. The van der Waals surface area contributed by atoms with Crippen LogP contribution in [-0.4, -0.2) is 35.1 Å². The van der Waals surface area contributed by atoms with Crippen LogP contribution in [0.15, 0.2) is 45.6 Å². The lowest BCUT2D eigenvalue weighted by molar-refractivity contribution is 0.101. The second kappa shape index (κ2) is 8.13. The van der Waals surface area contributed by atoms with Crippen LogP contribution in [0.1, 0.15) is 18.4 Å². The highest BCUT2D eigenvalue weighted by atomic mass is 35.5. The van der Waals surface area contributed by atoms with E-state index in [1.807, 2.05) is 18.2 Å². The summed E-state index contributed by atoms with van der Waals surface area (Å²) < 4.78 is 10.6. The Morgan fingerprint density at radius 2 is 1.84 bits per heavy atom. The number of anilines is 1. The van der Waals surface area contributed by atoms with E-state index in [-0.39, 0.29) is 12.7 Å². The van der Waals surface area contributed by atoms with E-state index in [2.05, 4.69) is 10.3 Å². The Bertz CT molecular complexity index is 1160. The average molecular weight is 462 g/mol. The van der Waals surface area contributed by atoms with Gasteiger partial charge in [-0.25, -0.2) is 9.59 Å². The largest absolute Gasteiger partial charge is 0.445 e. The van der Waals surface area contributed by atoms with Gasteiger partial charge in [0, 0.05) is 40.9 Å². The van der Waals surface area contributed by atoms with Crippen molar-refractivity contribution in [1.82, 2.24) is 9.88 Å². The zero-order valence-corrected chi connectivity index (χ0v) is 18.1. The molecule has 162 valence electrons. The van der Waals surface area contributed by atoms with E-state index in [1.54, 1.807) is 23.1 Å². The fourth-order valence-electron chi connectivity index (χ4n) is 4.77. The van der Waals surface area contributed by atoms with Crippen molar-refractivity contribution in [2.45, 2.75) is 25.5 Å². The van der Waals surface area contributed by atoms with Crippen molar-refractivity contribution in [3.05, 3.63) is 62.6 Å². The van der Waals surface area contributed by atoms with Gasteiger partial charge in [0.1, 0.15) is 6.61 Å². The number of fused-ring (bicyclic) bond motifs is 2. The lowest BCUT2D eigenvalue weighted by atomic mass is 10.0. The van der Waals surface area contributed by atoms with Crippen LogP contribution < -0.4 is 11.1 Å². The van der Waals surface area contributed by atoms with Gasteiger partial charge in [-0.15, -0.1) is 0 Å². The van der Waals surface area contributed by atoms with E-state index in [1.165, 1.54) is 0 Å². The zero-order chi connectivity index (χ0) is 21.5. The molecule has 0 unspecified atom stereocenters. The van der Waals surface area contributed by atoms with Crippen molar-refractivity contribution in [3.8, 4) is 0 Å². The van der Waals surface area contributed by atoms with Crippen LogP contribution in [0.3, 0.4) is 0 Å². The Morgan fingerprint density at radius 1 is 1.13 bits per heavy atom. The van der Waals surface area contributed by atoms with Crippen LogP contribution in [0.5, 0.6) is 0 Å². The summed E-state index contributed by atoms with van der Waals surface area (Å²) in [5, 5.41) is 4.57. The molecule has 2 fully saturated rings. The Kier molecular flexibility index (Phi) is 5.32. The number of H-pyrrole nitrogens is 1. The van der Waals surface area contributed by atoms with E-state index in [4.69, 9.17) is 32.4 Å². The molecule has 7 nitrogen and oxygen atoms in total. The summed E-state index contributed by atoms with van der Waals surface area (Å²) >= 11 is 12.0. The van der Waals surface area contributed by atoms with Crippen LogP contribution in [0.25, 0.3) is 11.1 Å². The summed E-state index contributed by atoms with van der Waals surface area (Å²) in [6, 6.07) is 11.1. The minimum Gasteiger partial charge on any atom is -0.445 e. The number of hydrogen-bond acceptors (Lipinski definition) is 5. The molecule has 3 atom stereocenters. The molecule has 2 N–H and O–H groups in total. The number of likely N-dealkylation sites (tertiary alicyclic amines) is 1. The van der Waals surface area contributed by atoms with Crippen LogP contribution in [0, 0.1) is 11.8 Å². The molecule has 1 aliphatic carbocycles. The third-order valence-electron chi connectivity index (χ3n) is 6.09. The molecule has 0 spiro atoms. The number of amides is 1. The maximum Gasteiger partial charge on any atom is 0.417 e. The lowest BCUT2D eigenvalue weighted by Crippen LogP contribution is -2.31. The van der Waals surface area contributed by atoms with Gasteiger partial charge in [-0.3, -0.25) is 4.98 Å². The monoisotopic (exact) mass is 461 g/mol. The number of nitrogens with zero attached hydrogens (tertiary/aromatic N) is 1. The standard InChI is InChI=1S/C22H21Cl2N3O4/c23-15-3-12(4-16(24)7-15)11-30-22(29)27-9-13-5-18(6-14(13)10-27)25-17-1-2-19-20(8-17)31-21(28)26-19/h1-4,7-8,13-14,18,25H,5-6,9-11H2,(H,26,28)/t13-,14+,18-. The number of oxazole rings is 1. The molecule has 0 radical (unpaired) electrons. The summed E-state index contributed by atoms with van der Waals surface area (Å²) in [5.41, 5.74) is 2.93. The number of ether oxygens (including phenoxy) is 1. The number of rotatable bonds is 4. The number of carbonyl (C=O) groups excluding carboxylic acids is 1. The summed E-state index contributed by atoms with van der Waals surface area (Å²) in [6.45, 7) is 1.54. The smallest absolute Gasteiger partial charge is 0.417 e. The average Bonchev–Trinajstić information content (AvgIpc) is 3.37. The number of aromatic amines is 1. The van der Waals surface area contributed by atoms with Gasteiger partial charge in [0.15, 0.2) is 5.58 Å². The number of hydrogen-bond donors (Lipinski definition) is 2. The molecular weight excluding hydrogens is 441 g/mol. The van der Waals surface area contributed by atoms with Crippen molar-refractivity contribution < 1.29 is 13.9 Å². The van der Waals surface area contributed by atoms with Crippen molar-refractivity contribution >= 4 is 46.1 Å². The molecule has 1 aromatic heterocycles. The highest BCUT2D eigenvalue weighted by Gasteiger charge is 2.42. The van der Waals surface area contributed by atoms with E-state index in [0.717, 1.165) is 24.1 Å². The first-order valence-electron chi connectivity index (χ1n) is 10.2. The highest BCUT2D eigenvalue weighted by Crippen LogP contribution is 2.39. The summed E-state index contributed by atoms with van der Waals surface area (Å²) in [4.78, 5) is 28.3. The van der Waals surface area contributed by atoms with Gasteiger partial charge in [0.25, 0.3) is 0 Å². The molecule has 1 saturated carbocycles. The van der Waals surface area contributed by atoms with Gasteiger partial charge in [-0.1, -0.05) is 23.2 Å². The summed E-state index contributed by atoms with van der Waals surface area (Å²) in [6.07, 6.45) is 1.66. The third-order valence-corrected chi connectivity index (χ3v) is 6.52. The van der Waals surface area contributed by atoms with Crippen molar-refractivity contribution in [1.29, 1.82) is 0 Å². The highest BCUT2D eigenvalue weighted by molar-refractivity contribution is 6.34. The van der Waals surface area contributed by atoms with Gasteiger partial charge in [-0.05, 0) is 60.6 Å². The van der Waals surface area contributed by atoms with Crippen molar-refractivity contribution in [2.75, 3.05) is 18.4 Å². The Balaban J connectivity index is 1.14. The summed E-state index contributed by atoms with van der Waals surface area (Å²) in [5.74, 6) is 0.437. The van der Waals surface area contributed by atoms with Crippen LogP contribution in [0.2, 0.25) is 10.0 Å². The molecule has 2 aromatic carbocycles. The van der Waals surface area contributed by atoms with E-state index in [0.29, 0.717) is 52.1 Å². The van der Waals surface area contributed by atoms with Gasteiger partial charge >= 0.3 is 11.8 Å². The van der Waals surface area contributed by atoms with E-state index < -0.39 is 5.76 Å². The van der Waals surface area contributed by atoms with E-state index >= 15 is 0 Å². The quantitative estimate of drug-likeness (QED) is 0.577. The van der Waals surface area contributed by atoms with Crippen molar-refractivity contribution in [3.63, 3.8) is 0 Å². The number of aromatic nitrogens is 1. The normalized spacial score (nSPS) is 22.6. The fraction of sp³-hybridized carbons (Fsp3) is 0.364. The molecule has 0 bridgehead atoms. The van der Waals surface area contributed by atoms with Crippen LogP contribution in [-0.2, 0) is 11.3 Å². The predicted octanol–water partition coefficient (Wildman–Crippen LogP) is 4.89. The molecule has 1 aliphatic heterocycles. The zero-order valence-electron chi connectivity index (χ0n) is 16.6. The molecule has 2 aliphatic rings. The molecule has 1 amide bonds. The van der Waals surface area contributed by atoms with Crippen molar-refractivity contribution in [2.24, 2.45) is 11.8 Å². The molecular formula is C22H21Cl2N3O4. The number of halogens is 2. The van der Waals surface area contributed by atoms with Gasteiger partial charge in [0.2, 0.25) is 0 Å². The number of nitrogens with one attached hydrogen (secondary N) is 2. The predicted molar refractivity (Wildman–Crippen MR) is 119 cm³/mol. The first-order chi connectivity index (χ1) is 14.9. The molecule has 31 heavy (non-hydrogen) atoms. The molecule has 9 heteroatoms. The second-order valence-corrected chi connectivity index (χ2v) is 9.17. The Labute approximate surface area is 188 Å². The maximum atomic E-state index is 12.5. The lowest BCUT2D eigenvalue weighted by Gasteiger charge is -2.20. The first kappa shape index (κ1) is 20.3. The van der Waals surface area contributed by atoms with Crippen LogP contribution >= 0.6 is 23.2 Å². The fourth-order valence-corrected chi connectivity index (χ4v) is 5.34. The SMILES string of the molecule is O=C(OCc1cc(Cl)cc(Cl)c1)N1C[C@H]2C[C@@H](Nc3ccc4[nH]c(=O)oc4c3)C[C@H]2C1. The molecule has 2 heterocycles. The number of carbonyl (C=O) groups is 1. The number of benzene rings is 2.